The zero-order chi connectivity index (χ0) is 13.7. The Morgan fingerprint density at radius 1 is 1.05 bits per heavy atom. The van der Waals surface area contributed by atoms with Crippen molar-refractivity contribution in [3.8, 4) is 0 Å². The highest BCUT2D eigenvalue weighted by Crippen LogP contribution is 2.29. The van der Waals surface area contributed by atoms with Crippen LogP contribution in [-0.2, 0) is 4.79 Å². The first-order valence-electron chi connectivity index (χ1n) is 7.42. The summed E-state index contributed by atoms with van der Waals surface area (Å²) in [5.41, 5.74) is -1.03. The minimum absolute atomic E-state index is 0.324. The van der Waals surface area contributed by atoms with Crippen LogP contribution in [0.4, 0.5) is 4.79 Å². The molecule has 19 heavy (non-hydrogen) atoms. The van der Waals surface area contributed by atoms with Gasteiger partial charge in [-0.1, -0.05) is 32.1 Å². The molecule has 2 amide bonds. The average molecular weight is 268 g/mol. The van der Waals surface area contributed by atoms with Crippen LogP contribution < -0.4 is 10.6 Å². The van der Waals surface area contributed by atoms with E-state index in [1.807, 2.05) is 0 Å². The average Bonchev–Trinajstić information content (AvgIpc) is 2.87. The molecule has 0 aromatic carbocycles. The number of aliphatic carboxylic acids is 1. The van der Waals surface area contributed by atoms with Gasteiger partial charge in [0.2, 0.25) is 0 Å². The van der Waals surface area contributed by atoms with Gasteiger partial charge in [-0.2, -0.15) is 0 Å². The van der Waals surface area contributed by atoms with Crippen molar-refractivity contribution in [1.82, 2.24) is 10.6 Å². The second-order valence-electron chi connectivity index (χ2n) is 5.93. The number of rotatable bonds is 4. The molecule has 0 aromatic heterocycles. The van der Waals surface area contributed by atoms with Gasteiger partial charge in [0.25, 0.3) is 0 Å². The molecular weight excluding hydrogens is 244 g/mol. The van der Waals surface area contributed by atoms with Gasteiger partial charge in [-0.3, -0.25) is 0 Å². The first-order valence-corrected chi connectivity index (χ1v) is 7.42. The highest BCUT2D eigenvalue weighted by molar-refractivity contribution is 5.86. The fourth-order valence-electron chi connectivity index (χ4n) is 3.26. The zero-order valence-electron chi connectivity index (χ0n) is 11.4. The van der Waals surface area contributed by atoms with E-state index < -0.39 is 11.5 Å². The molecule has 0 unspecified atom stereocenters. The van der Waals surface area contributed by atoms with E-state index in [9.17, 15) is 14.7 Å². The predicted molar refractivity (Wildman–Crippen MR) is 71.9 cm³/mol. The maximum Gasteiger partial charge on any atom is 0.329 e. The SMILES string of the molecule is O=C(NCC1CCCCC1)NC1(C(=O)O)CCCC1. The van der Waals surface area contributed by atoms with E-state index in [-0.39, 0.29) is 6.03 Å². The Morgan fingerprint density at radius 3 is 2.26 bits per heavy atom. The van der Waals surface area contributed by atoms with Crippen LogP contribution in [-0.4, -0.2) is 29.2 Å². The van der Waals surface area contributed by atoms with Crippen molar-refractivity contribution in [1.29, 1.82) is 0 Å². The highest BCUT2D eigenvalue weighted by atomic mass is 16.4. The summed E-state index contributed by atoms with van der Waals surface area (Å²) in [6.07, 6.45) is 8.95. The summed E-state index contributed by atoms with van der Waals surface area (Å²) >= 11 is 0. The van der Waals surface area contributed by atoms with Crippen LogP contribution in [0, 0.1) is 5.92 Å². The number of amides is 2. The summed E-state index contributed by atoms with van der Waals surface area (Å²) in [7, 11) is 0. The van der Waals surface area contributed by atoms with Gasteiger partial charge in [-0.15, -0.1) is 0 Å². The Balaban J connectivity index is 1.78. The molecule has 2 aliphatic carbocycles. The van der Waals surface area contributed by atoms with Crippen LogP contribution in [0.1, 0.15) is 57.8 Å². The number of carbonyl (C=O) groups is 2. The molecule has 0 spiro atoms. The van der Waals surface area contributed by atoms with Crippen molar-refractivity contribution in [2.45, 2.75) is 63.3 Å². The third kappa shape index (κ3) is 3.61. The lowest BCUT2D eigenvalue weighted by atomic mass is 9.89. The number of hydrogen-bond acceptors (Lipinski definition) is 2. The summed E-state index contributed by atoms with van der Waals surface area (Å²) in [5.74, 6) is -0.346. The van der Waals surface area contributed by atoms with E-state index in [2.05, 4.69) is 10.6 Å². The van der Waals surface area contributed by atoms with Crippen molar-refractivity contribution in [3.05, 3.63) is 0 Å². The quantitative estimate of drug-likeness (QED) is 0.731. The number of carbonyl (C=O) groups excluding carboxylic acids is 1. The van der Waals surface area contributed by atoms with E-state index in [0.29, 0.717) is 25.3 Å². The van der Waals surface area contributed by atoms with Crippen molar-refractivity contribution < 1.29 is 14.7 Å². The Bertz CT molecular complexity index is 332. The van der Waals surface area contributed by atoms with Crippen LogP contribution >= 0.6 is 0 Å². The Morgan fingerprint density at radius 2 is 1.68 bits per heavy atom. The number of urea groups is 1. The molecule has 0 radical (unpaired) electrons. The molecule has 3 N–H and O–H groups in total. The molecule has 2 saturated carbocycles. The van der Waals surface area contributed by atoms with E-state index in [4.69, 9.17) is 0 Å². The van der Waals surface area contributed by atoms with E-state index >= 15 is 0 Å². The van der Waals surface area contributed by atoms with Crippen molar-refractivity contribution in [2.24, 2.45) is 5.92 Å². The monoisotopic (exact) mass is 268 g/mol. The lowest BCUT2D eigenvalue weighted by Gasteiger charge is -2.27. The van der Waals surface area contributed by atoms with E-state index in [1.54, 1.807) is 0 Å². The molecular formula is C14H24N2O3. The minimum Gasteiger partial charge on any atom is -0.480 e. The maximum absolute atomic E-state index is 11.9. The largest absolute Gasteiger partial charge is 0.480 e. The molecule has 2 aliphatic rings. The van der Waals surface area contributed by atoms with Crippen LogP contribution in [0.15, 0.2) is 0 Å². The van der Waals surface area contributed by atoms with Crippen LogP contribution in [0.5, 0.6) is 0 Å². The first kappa shape index (κ1) is 14.2. The minimum atomic E-state index is -1.03. The zero-order valence-corrected chi connectivity index (χ0v) is 11.4. The third-order valence-corrected chi connectivity index (χ3v) is 4.50. The highest BCUT2D eigenvalue weighted by Gasteiger charge is 2.42. The van der Waals surface area contributed by atoms with Crippen LogP contribution in [0.3, 0.4) is 0 Å². The summed E-state index contributed by atoms with van der Waals surface area (Å²) in [6, 6.07) is -0.324. The first-order chi connectivity index (χ1) is 9.12. The van der Waals surface area contributed by atoms with Gasteiger partial charge in [0.05, 0.1) is 0 Å². The third-order valence-electron chi connectivity index (χ3n) is 4.50. The van der Waals surface area contributed by atoms with Crippen LogP contribution in [0.2, 0.25) is 0 Å². The summed E-state index contributed by atoms with van der Waals surface area (Å²) in [4.78, 5) is 23.2. The molecule has 5 heteroatoms. The normalized spacial score (nSPS) is 22.9. The van der Waals surface area contributed by atoms with Gasteiger partial charge in [0, 0.05) is 6.54 Å². The van der Waals surface area contributed by atoms with Crippen molar-refractivity contribution in [3.63, 3.8) is 0 Å². The summed E-state index contributed by atoms with van der Waals surface area (Å²) in [6.45, 7) is 0.668. The second kappa shape index (κ2) is 6.26. The van der Waals surface area contributed by atoms with Gasteiger partial charge in [-0.05, 0) is 31.6 Å². The fraction of sp³-hybridized carbons (Fsp3) is 0.857. The molecule has 0 aliphatic heterocycles. The molecule has 2 rings (SSSR count). The topological polar surface area (TPSA) is 78.4 Å². The smallest absolute Gasteiger partial charge is 0.329 e. The van der Waals surface area contributed by atoms with Gasteiger partial charge < -0.3 is 15.7 Å². The summed E-state index contributed by atoms with van der Waals surface area (Å²) < 4.78 is 0. The Kier molecular flexibility index (Phi) is 4.66. The second-order valence-corrected chi connectivity index (χ2v) is 5.93. The van der Waals surface area contributed by atoms with Crippen molar-refractivity contribution >= 4 is 12.0 Å². The number of nitrogens with one attached hydrogen (secondary N) is 2. The van der Waals surface area contributed by atoms with Gasteiger partial charge in [0.15, 0.2) is 0 Å². The van der Waals surface area contributed by atoms with Gasteiger partial charge >= 0.3 is 12.0 Å². The molecule has 0 aromatic rings. The van der Waals surface area contributed by atoms with Gasteiger partial charge in [-0.25, -0.2) is 9.59 Å². The van der Waals surface area contributed by atoms with Crippen LogP contribution in [0.25, 0.3) is 0 Å². The lowest BCUT2D eigenvalue weighted by molar-refractivity contribution is -0.144. The molecule has 108 valence electrons. The summed E-state index contributed by atoms with van der Waals surface area (Å²) in [5, 5.41) is 14.8. The Hall–Kier alpha value is -1.26. The standard InChI is InChI=1S/C14H24N2O3/c17-12(18)14(8-4-5-9-14)16-13(19)15-10-11-6-2-1-3-7-11/h11H,1-10H2,(H,17,18)(H2,15,16,19). The molecule has 0 atom stereocenters. The predicted octanol–water partition coefficient (Wildman–Crippen LogP) is 2.26. The Labute approximate surface area is 114 Å². The van der Waals surface area contributed by atoms with Crippen molar-refractivity contribution in [2.75, 3.05) is 6.54 Å². The lowest BCUT2D eigenvalue weighted by Crippen LogP contribution is -2.55. The van der Waals surface area contributed by atoms with E-state index in [0.717, 1.165) is 12.8 Å². The molecule has 2 fully saturated rings. The van der Waals surface area contributed by atoms with E-state index in [1.165, 1.54) is 32.1 Å². The number of carboxylic acid groups (broad SMARTS) is 1. The molecule has 5 nitrogen and oxygen atoms in total. The molecule has 0 saturated heterocycles. The molecule has 0 bridgehead atoms. The van der Waals surface area contributed by atoms with Gasteiger partial charge in [0.1, 0.15) is 5.54 Å². The number of carboxylic acids is 1. The molecule has 0 heterocycles. The maximum atomic E-state index is 11.9. The number of hydrogen-bond donors (Lipinski definition) is 3. The fourth-order valence-corrected chi connectivity index (χ4v) is 3.26.